The molecular formula is C12H19BN2. The van der Waals surface area contributed by atoms with Gasteiger partial charge in [0.25, 0.3) is 0 Å². The van der Waals surface area contributed by atoms with E-state index in [1.54, 1.807) is 12.4 Å². The Morgan fingerprint density at radius 1 is 1.73 bits per heavy atom. The summed E-state index contributed by atoms with van der Waals surface area (Å²) in [5, 5.41) is 7.94. The Bertz CT molecular complexity index is 316. The largest absolute Gasteiger partial charge is 0.303 e. The first-order valence-corrected chi connectivity index (χ1v) is 5.62. The lowest BCUT2D eigenvalue weighted by Crippen LogP contribution is -2.24. The smallest absolute Gasteiger partial charge is 0.149 e. The van der Waals surface area contributed by atoms with E-state index in [4.69, 9.17) is 5.41 Å². The summed E-state index contributed by atoms with van der Waals surface area (Å²) >= 11 is 0. The Kier molecular flexibility index (Phi) is 4.54. The van der Waals surface area contributed by atoms with Gasteiger partial charge < -0.3 is 5.41 Å². The summed E-state index contributed by atoms with van der Waals surface area (Å²) in [6.07, 6.45) is 8.64. The molecule has 80 valence electrons. The second kappa shape index (κ2) is 5.69. The molecule has 0 aromatic heterocycles. The fraction of sp³-hybridized carbons (Fsp3) is 0.500. The highest BCUT2D eigenvalue weighted by Crippen LogP contribution is 2.25. The highest BCUT2D eigenvalue weighted by Gasteiger charge is 2.22. The van der Waals surface area contributed by atoms with Crippen molar-refractivity contribution in [2.75, 3.05) is 0 Å². The molecule has 0 aromatic rings. The van der Waals surface area contributed by atoms with Crippen molar-refractivity contribution < 1.29 is 0 Å². The summed E-state index contributed by atoms with van der Waals surface area (Å²) < 4.78 is 0. The summed E-state index contributed by atoms with van der Waals surface area (Å²) in [5.74, 6) is 0.736. The van der Waals surface area contributed by atoms with Crippen molar-refractivity contribution >= 4 is 19.2 Å². The van der Waals surface area contributed by atoms with Crippen LogP contribution in [-0.4, -0.2) is 19.2 Å². The van der Waals surface area contributed by atoms with Crippen molar-refractivity contribution in [1.82, 2.24) is 0 Å². The van der Waals surface area contributed by atoms with Gasteiger partial charge in [0.1, 0.15) is 7.28 Å². The van der Waals surface area contributed by atoms with Crippen LogP contribution in [0.5, 0.6) is 0 Å². The van der Waals surface area contributed by atoms with E-state index < -0.39 is 0 Å². The van der Waals surface area contributed by atoms with Crippen LogP contribution in [0.4, 0.5) is 0 Å². The van der Waals surface area contributed by atoms with Crippen molar-refractivity contribution in [1.29, 1.82) is 5.41 Å². The molecule has 1 heterocycles. The van der Waals surface area contributed by atoms with Crippen LogP contribution < -0.4 is 0 Å². The molecule has 2 atom stereocenters. The summed E-state index contributed by atoms with van der Waals surface area (Å²) in [6, 6.07) is 0. The maximum Gasteiger partial charge on any atom is 0.149 e. The molecule has 0 saturated heterocycles. The van der Waals surface area contributed by atoms with E-state index in [1.807, 2.05) is 0 Å². The molecule has 15 heavy (non-hydrogen) atoms. The van der Waals surface area contributed by atoms with E-state index in [2.05, 4.69) is 37.8 Å². The fourth-order valence-corrected chi connectivity index (χ4v) is 2.14. The molecule has 1 aliphatic heterocycles. The van der Waals surface area contributed by atoms with Crippen LogP contribution in [0.15, 0.2) is 28.8 Å². The molecule has 0 saturated carbocycles. The molecule has 0 bridgehead atoms. The fourth-order valence-electron chi connectivity index (χ4n) is 2.14. The Labute approximate surface area is 92.9 Å². The first-order chi connectivity index (χ1) is 7.20. The highest BCUT2D eigenvalue weighted by atomic mass is 14.7. The minimum Gasteiger partial charge on any atom is -0.303 e. The molecule has 3 heteroatoms. The maximum atomic E-state index is 7.94. The Balaban J connectivity index is 2.82. The van der Waals surface area contributed by atoms with Gasteiger partial charge in [-0.2, -0.15) is 0 Å². The molecule has 0 radical (unpaired) electrons. The number of rotatable bonds is 3. The Morgan fingerprint density at radius 3 is 3.07 bits per heavy atom. The van der Waals surface area contributed by atoms with Gasteiger partial charge >= 0.3 is 0 Å². The summed E-state index contributed by atoms with van der Waals surface area (Å²) in [7, 11) is 1.07. The van der Waals surface area contributed by atoms with Crippen LogP contribution in [0.2, 0.25) is 6.82 Å². The minimum absolute atomic E-state index is 0.290. The lowest BCUT2D eigenvalue weighted by atomic mass is 9.63. The summed E-state index contributed by atoms with van der Waals surface area (Å²) in [5.41, 5.74) is 2.09. The summed E-state index contributed by atoms with van der Waals surface area (Å²) in [4.78, 5) is 4.05. The molecule has 0 amide bonds. The first-order valence-electron chi connectivity index (χ1n) is 5.62. The second-order valence-corrected chi connectivity index (χ2v) is 3.97. The van der Waals surface area contributed by atoms with Crippen molar-refractivity contribution in [3.8, 4) is 0 Å². The predicted molar refractivity (Wildman–Crippen MR) is 69.4 cm³/mol. The van der Waals surface area contributed by atoms with Gasteiger partial charge in [0, 0.05) is 18.3 Å². The molecule has 2 nitrogen and oxygen atoms in total. The number of nitrogens with zero attached hydrogens (tertiary/aromatic N) is 1. The zero-order valence-corrected chi connectivity index (χ0v) is 9.83. The van der Waals surface area contributed by atoms with Crippen LogP contribution in [0.3, 0.4) is 0 Å². The third kappa shape index (κ3) is 2.91. The number of hydrogen-bond acceptors (Lipinski definition) is 2. The quantitative estimate of drug-likeness (QED) is 0.683. The van der Waals surface area contributed by atoms with E-state index in [1.165, 1.54) is 5.47 Å². The zero-order chi connectivity index (χ0) is 11.3. The van der Waals surface area contributed by atoms with Crippen molar-refractivity contribution in [3.05, 3.63) is 23.8 Å². The van der Waals surface area contributed by atoms with E-state index in [0.717, 1.165) is 13.7 Å². The maximum absolute atomic E-state index is 7.94. The standard InChI is InChI=1S/C12H19BN2/c1-4-11(13-3)9(2)10-6-5-7-15-8-12(10)14/h4-5,7-10,13-14H,6H2,1-3H3/b11-4+,14-12?. The van der Waals surface area contributed by atoms with Crippen LogP contribution >= 0.6 is 0 Å². The van der Waals surface area contributed by atoms with Gasteiger partial charge in [-0.05, 0) is 19.3 Å². The molecular weight excluding hydrogens is 183 g/mol. The molecule has 0 fully saturated rings. The lowest BCUT2D eigenvalue weighted by molar-refractivity contribution is 0.542. The van der Waals surface area contributed by atoms with Crippen molar-refractivity contribution in [3.63, 3.8) is 0 Å². The average molecular weight is 202 g/mol. The van der Waals surface area contributed by atoms with Crippen molar-refractivity contribution in [2.45, 2.75) is 27.1 Å². The van der Waals surface area contributed by atoms with Crippen LogP contribution in [0, 0.1) is 17.2 Å². The Hall–Kier alpha value is -1.12. The van der Waals surface area contributed by atoms with Gasteiger partial charge in [-0.3, -0.25) is 4.99 Å². The van der Waals surface area contributed by atoms with Crippen molar-refractivity contribution in [2.24, 2.45) is 16.8 Å². The van der Waals surface area contributed by atoms with E-state index in [-0.39, 0.29) is 0 Å². The monoisotopic (exact) mass is 202 g/mol. The average Bonchev–Trinajstić information content (AvgIpc) is 2.44. The molecule has 2 unspecified atom stereocenters. The SMILES string of the molecule is CB/C(=C/C)C(C)C1CC=CN=CC1=N. The topological polar surface area (TPSA) is 36.2 Å². The predicted octanol–water partition coefficient (Wildman–Crippen LogP) is 2.64. The molecule has 1 aliphatic rings. The molecule has 0 aliphatic carbocycles. The van der Waals surface area contributed by atoms with Crippen LogP contribution in [0.25, 0.3) is 0 Å². The van der Waals surface area contributed by atoms with Gasteiger partial charge in [-0.1, -0.05) is 25.9 Å². The third-order valence-corrected chi connectivity index (χ3v) is 3.16. The number of aliphatic imine (C=N–C) groups is 1. The minimum atomic E-state index is 0.290. The highest BCUT2D eigenvalue weighted by molar-refractivity contribution is 6.44. The van der Waals surface area contributed by atoms with Gasteiger partial charge in [0.15, 0.2) is 0 Å². The van der Waals surface area contributed by atoms with E-state index in [9.17, 15) is 0 Å². The Morgan fingerprint density at radius 2 is 2.47 bits per heavy atom. The summed E-state index contributed by atoms with van der Waals surface area (Å²) in [6.45, 7) is 6.47. The van der Waals surface area contributed by atoms with Gasteiger partial charge in [0.2, 0.25) is 0 Å². The number of nitrogens with one attached hydrogen (secondary N) is 1. The molecule has 1 N–H and O–H groups in total. The molecule has 1 rings (SSSR count). The van der Waals surface area contributed by atoms with E-state index in [0.29, 0.717) is 17.5 Å². The first kappa shape index (κ1) is 12.0. The lowest BCUT2D eigenvalue weighted by Gasteiger charge is -2.23. The van der Waals surface area contributed by atoms with E-state index >= 15 is 0 Å². The zero-order valence-electron chi connectivity index (χ0n) is 9.83. The van der Waals surface area contributed by atoms with Crippen LogP contribution in [-0.2, 0) is 0 Å². The number of allylic oxidation sites excluding steroid dienone is 3. The number of hydrogen-bond donors (Lipinski definition) is 1. The second-order valence-electron chi connectivity index (χ2n) is 3.97. The van der Waals surface area contributed by atoms with Gasteiger partial charge in [-0.25, -0.2) is 0 Å². The normalized spacial score (nSPS) is 23.8. The van der Waals surface area contributed by atoms with Gasteiger partial charge in [-0.15, -0.1) is 5.47 Å². The third-order valence-electron chi connectivity index (χ3n) is 3.16. The van der Waals surface area contributed by atoms with Gasteiger partial charge in [0.05, 0.1) is 5.71 Å². The van der Waals surface area contributed by atoms with Crippen LogP contribution in [0.1, 0.15) is 20.3 Å². The molecule has 0 aromatic carbocycles. The molecule has 0 spiro atoms.